The number of nitriles is 1. The molecule has 0 bridgehead atoms. The fourth-order valence-electron chi connectivity index (χ4n) is 5.14. The van der Waals surface area contributed by atoms with E-state index in [2.05, 4.69) is 27.3 Å². The molecule has 1 atom stereocenters. The minimum atomic E-state index is 0.0198. The number of aromatic nitrogens is 3. The monoisotopic (exact) mass is 455 g/mol. The van der Waals surface area contributed by atoms with Crippen LogP contribution in [0.2, 0.25) is 0 Å². The van der Waals surface area contributed by atoms with Crippen LogP contribution in [-0.2, 0) is 4.74 Å². The Morgan fingerprint density at radius 2 is 1.88 bits per heavy atom. The van der Waals surface area contributed by atoms with Crippen LogP contribution in [0.1, 0.15) is 76.1 Å². The summed E-state index contributed by atoms with van der Waals surface area (Å²) in [5.41, 5.74) is 5.56. The van der Waals surface area contributed by atoms with Crippen LogP contribution in [0.5, 0.6) is 0 Å². The molecule has 1 aromatic heterocycles. The average molecular weight is 456 g/mol. The lowest BCUT2D eigenvalue weighted by Gasteiger charge is -2.33. The van der Waals surface area contributed by atoms with Crippen LogP contribution in [0.3, 0.4) is 0 Å². The van der Waals surface area contributed by atoms with Crippen LogP contribution in [0, 0.1) is 25.2 Å². The second-order valence-corrected chi connectivity index (χ2v) is 9.32. The van der Waals surface area contributed by atoms with Gasteiger partial charge < -0.3 is 14.6 Å². The Morgan fingerprint density at radius 1 is 1.12 bits per heavy atom. The molecule has 0 radical (unpaired) electrons. The summed E-state index contributed by atoms with van der Waals surface area (Å²) in [5.74, 6) is 1.89. The van der Waals surface area contributed by atoms with Gasteiger partial charge in [0.1, 0.15) is 5.82 Å². The van der Waals surface area contributed by atoms with Crippen LogP contribution in [0.25, 0.3) is 11.4 Å². The van der Waals surface area contributed by atoms with Gasteiger partial charge in [0.2, 0.25) is 0 Å². The van der Waals surface area contributed by atoms with E-state index in [1.807, 2.05) is 49.1 Å². The van der Waals surface area contributed by atoms with Crippen molar-refractivity contribution in [2.24, 2.45) is 0 Å². The van der Waals surface area contributed by atoms with Gasteiger partial charge in [0.15, 0.2) is 5.82 Å². The number of hydrogen-bond donors (Lipinski definition) is 1. The fourth-order valence-corrected chi connectivity index (χ4v) is 5.14. The second-order valence-electron chi connectivity index (χ2n) is 9.32. The number of hydrogen-bond acceptors (Lipinski definition) is 5. The SMILES string of the molecule is Cc1nnc(-c2cc(C(=O)N3CCC(c4ccc(C#N)cc4)CC3)c(C)cc2C2CCCO2)[nH]1. The van der Waals surface area contributed by atoms with Gasteiger partial charge in [-0.1, -0.05) is 18.2 Å². The van der Waals surface area contributed by atoms with Crippen molar-refractivity contribution in [1.29, 1.82) is 5.26 Å². The number of H-pyrrole nitrogens is 1. The maximum Gasteiger partial charge on any atom is 0.254 e. The Morgan fingerprint density at radius 3 is 2.50 bits per heavy atom. The summed E-state index contributed by atoms with van der Waals surface area (Å²) < 4.78 is 5.97. The highest BCUT2D eigenvalue weighted by Crippen LogP contribution is 2.37. The predicted octanol–water partition coefficient (Wildman–Crippen LogP) is 4.83. The number of amides is 1. The van der Waals surface area contributed by atoms with Crippen molar-refractivity contribution in [3.05, 3.63) is 70.0 Å². The zero-order chi connectivity index (χ0) is 23.7. The normalized spacial score (nSPS) is 18.7. The average Bonchev–Trinajstić information content (AvgIpc) is 3.56. The van der Waals surface area contributed by atoms with Crippen molar-refractivity contribution < 1.29 is 9.53 Å². The maximum atomic E-state index is 13.6. The van der Waals surface area contributed by atoms with E-state index < -0.39 is 0 Å². The lowest BCUT2D eigenvalue weighted by atomic mass is 9.88. The summed E-state index contributed by atoms with van der Waals surface area (Å²) in [7, 11) is 0. The molecule has 1 unspecified atom stereocenters. The third-order valence-electron chi connectivity index (χ3n) is 7.05. The molecule has 34 heavy (non-hydrogen) atoms. The van der Waals surface area contributed by atoms with Gasteiger partial charge in [0.05, 0.1) is 17.7 Å². The molecule has 0 saturated carbocycles. The number of piperidine rings is 1. The Balaban J connectivity index is 1.38. The van der Waals surface area contributed by atoms with Gasteiger partial charge in [-0.15, -0.1) is 10.2 Å². The molecule has 1 amide bonds. The minimum Gasteiger partial charge on any atom is -0.374 e. The molecule has 7 heteroatoms. The molecule has 0 aliphatic carbocycles. The largest absolute Gasteiger partial charge is 0.374 e. The highest BCUT2D eigenvalue weighted by atomic mass is 16.5. The molecule has 2 saturated heterocycles. The van der Waals surface area contributed by atoms with E-state index >= 15 is 0 Å². The van der Waals surface area contributed by atoms with Gasteiger partial charge in [-0.2, -0.15) is 5.26 Å². The number of likely N-dealkylation sites (tertiary alicyclic amines) is 1. The number of carbonyl (C=O) groups excluding carboxylic acids is 1. The van der Waals surface area contributed by atoms with E-state index in [-0.39, 0.29) is 12.0 Å². The summed E-state index contributed by atoms with van der Waals surface area (Å²) in [5, 5.41) is 17.5. The molecular formula is C27H29N5O2. The number of carbonyl (C=O) groups is 1. The van der Waals surface area contributed by atoms with Gasteiger partial charge in [0, 0.05) is 30.8 Å². The predicted molar refractivity (Wildman–Crippen MR) is 128 cm³/mol. The summed E-state index contributed by atoms with van der Waals surface area (Å²) in [6.07, 6.45) is 3.85. The third-order valence-corrected chi connectivity index (χ3v) is 7.05. The van der Waals surface area contributed by atoms with E-state index in [0.29, 0.717) is 36.0 Å². The summed E-state index contributed by atoms with van der Waals surface area (Å²) in [4.78, 5) is 18.8. The number of benzene rings is 2. The smallest absolute Gasteiger partial charge is 0.254 e. The molecule has 7 nitrogen and oxygen atoms in total. The van der Waals surface area contributed by atoms with E-state index in [4.69, 9.17) is 10.00 Å². The van der Waals surface area contributed by atoms with Crippen molar-refractivity contribution in [3.8, 4) is 17.5 Å². The molecule has 0 spiro atoms. The van der Waals surface area contributed by atoms with Gasteiger partial charge in [-0.25, -0.2) is 0 Å². The third kappa shape index (κ3) is 4.34. The number of nitrogens with one attached hydrogen (secondary N) is 1. The van der Waals surface area contributed by atoms with Gasteiger partial charge in [0.25, 0.3) is 5.91 Å². The summed E-state index contributed by atoms with van der Waals surface area (Å²) >= 11 is 0. The number of aryl methyl sites for hydroxylation is 2. The number of aromatic amines is 1. The Bertz CT molecular complexity index is 1230. The lowest BCUT2D eigenvalue weighted by Crippen LogP contribution is -2.38. The van der Waals surface area contributed by atoms with Crippen LogP contribution < -0.4 is 0 Å². The summed E-state index contributed by atoms with van der Waals surface area (Å²) in [6.45, 7) is 6.07. The van der Waals surface area contributed by atoms with Crippen molar-refractivity contribution in [2.45, 2.75) is 51.6 Å². The van der Waals surface area contributed by atoms with Crippen LogP contribution >= 0.6 is 0 Å². The fraction of sp³-hybridized carbons (Fsp3) is 0.407. The lowest BCUT2D eigenvalue weighted by molar-refractivity contribution is 0.0712. The molecule has 3 aromatic rings. The van der Waals surface area contributed by atoms with E-state index in [0.717, 1.165) is 54.8 Å². The molecule has 1 N–H and O–H groups in total. The first-order valence-corrected chi connectivity index (χ1v) is 12.0. The topological polar surface area (TPSA) is 94.9 Å². The Hall–Kier alpha value is -3.50. The quantitative estimate of drug-likeness (QED) is 0.608. The minimum absolute atomic E-state index is 0.0198. The number of nitrogens with zero attached hydrogens (tertiary/aromatic N) is 4. The van der Waals surface area contributed by atoms with Gasteiger partial charge in [-0.3, -0.25) is 4.79 Å². The first-order valence-electron chi connectivity index (χ1n) is 12.0. The summed E-state index contributed by atoms with van der Waals surface area (Å²) in [6, 6.07) is 14.1. The van der Waals surface area contributed by atoms with Crippen LogP contribution in [0.15, 0.2) is 36.4 Å². The van der Waals surface area contributed by atoms with Crippen LogP contribution in [0.4, 0.5) is 0 Å². The second kappa shape index (κ2) is 9.40. The molecule has 2 aliphatic heterocycles. The highest BCUT2D eigenvalue weighted by Gasteiger charge is 2.29. The van der Waals surface area contributed by atoms with Crippen molar-refractivity contribution in [1.82, 2.24) is 20.1 Å². The zero-order valence-corrected chi connectivity index (χ0v) is 19.7. The Kier molecular flexibility index (Phi) is 6.16. The standard InChI is InChI=1S/C27H29N5O2/c1-17-14-23(25-4-3-13-34-25)24(26-29-18(2)30-31-26)15-22(17)27(33)32-11-9-21(10-12-32)20-7-5-19(16-28)6-8-20/h5-8,14-15,21,25H,3-4,9-13H2,1-2H3,(H,29,30,31). The van der Waals surface area contributed by atoms with E-state index in [1.54, 1.807) is 0 Å². The molecule has 2 fully saturated rings. The first kappa shape index (κ1) is 22.3. The highest BCUT2D eigenvalue weighted by molar-refractivity contribution is 5.97. The van der Waals surface area contributed by atoms with Gasteiger partial charge >= 0.3 is 0 Å². The van der Waals surface area contributed by atoms with E-state index in [9.17, 15) is 4.79 Å². The molecule has 2 aliphatic rings. The molecule has 2 aromatic carbocycles. The van der Waals surface area contributed by atoms with Crippen LogP contribution in [-0.4, -0.2) is 45.7 Å². The van der Waals surface area contributed by atoms with E-state index in [1.165, 1.54) is 5.56 Å². The Labute approximate surface area is 199 Å². The maximum absolute atomic E-state index is 13.6. The molecule has 174 valence electrons. The van der Waals surface area contributed by atoms with Crippen molar-refractivity contribution in [3.63, 3.8) is 0 Å². The van der Waals surface area contributed by atoms with Gasteiger partial charge in [-0.05, 0) is 80.3 Å². The number of rotatable bonds is 4. The molecule has 3 heterocycles. The first-order chi connectivity index (χ1) is 16.5. The molecular weight excluding hydrogens is 426 g/mol. The molecule has 5 rings (SSSR count). The zero-order valence-electron chi connectivity index (χ0n) is 19.7. The number of ether oxygens (including phenoxy) is 1. The van der Waals surface area contributed by atoms with Crippen molar-refractivity contribution >= 4 is 5.91 Å². The van der Waals surface area contributed by atoms with Crippen molar-refractivity contribution in [2.75, 3.05) is 19.7 Å².